The second-order valence-corrected chi connectivity index (χ2v) is 5.23. The van der Waals surface area contributed by atoms with Crippen molar-refractivity contribution < 1.29 is 36.2 Å². The number of benzene rings is 1. The summed E-state index contributed by atoms with van der Waals surface area (Å²) < 4.78 is 79.8. The lowest BCUT2D eigenvalue weighted by Gasteiger charge is -2.41. The molecule has 0 spiro atoms. The van der Waals surface area contributed by atoms with E-state index in [1.54, 1.807) is 0 Å². The first kappa shape index (κ1) is 18.3. The molecule has 0 radical (unpaired) electrons. The molecule has 1 rings (SSSR count). The van der Waals surface area contributed by atoms with Crippen LogP contribution in [0.25, 0.3) is 0 Å². The van der Waals surface area contributed by atoms with E-state index in [1.807, 2.05) is 0 Å². The Hall–Kier alpha value is -1.73. The van der Waals surface area contributed by atoms with Gasteiger partial charge in [0.05, 0.1) is 6.42 Å². The lowest BCUT2D eigenvalue weighted by Crippen LogP contribution is -2.57. The maximum absolute atomic E-state index is 13.3. The van der Waals surface area contributed by atoms with Crippen LogP contribution in [0.5, 0.6) is 0 Å². The van der Waals surface area contributed by atoms with Gasteiger partial charge in [0, 0.05) is 0 Å². The average Bonchev–Trinajstić information content (AvgIpc) is 2.26. The molecule has 0 atom stereocenters. The van der Waals surface area contributed by atoms with Gasteiger partial charge in [-0.1, -0.05) is 38.1 Å². The second-order valence-electron chi connectivity index (χ2n) is 5.23. The van der Waals surface area contributed by atoms with Gasteiger partial charge in [0.2, 0.25) is 0 Å². The van der Waals surface area contributed by atoms with Crippen LogP contribution in [0.4, 0.5) is 26.3 Å². The summed E-state index contributed by atoms with van der Waals surface area (Å²) in [6.07, 6.45) is -11.5. The van der Waals surface area contributed by atoms with Gasteiger partial charge in [-0.15, -0.1) is 0 Å². The summed E-state index contributed by atoms with van der Waals surface area (Å²) in [7, 11) is 0. The van der Waals surface area contributed by atoms with E-state index < -0.39 is 41.6 Å². The summed E-state index contributed by atoms with van der Waals surface area (Å²) in [5, 5.41) is 8.58. The third-order valence-corrected chi connectivity index (χ3v) is 3.52. The molecule has 0 aromatic heterocycles. The van der Waals surface area contributed by atoms with Crippen LogP contribution in [0.3, 0.4) is 0 Å². The van der Waals surface area contributed by atoms with Gasteiger partial charge < -0.3 is 5.11 Å². The van der Waals surface area contributed by atoms with E-state index in [9.17, 15) is 31.1 Å². The summed E-state index contributed by atoms with van der Waals surface area (Å²) in [6, 6.07) is 3.33. The molecule has 0 aliphatic rings. The Kier molecular flexibility index (Phi) is 4.84. The fourth-order valence-electron chi connectivity index (χ4n) is 2.54. The van der Waals surface area contributed by atoms with Gasteiger partial charge in [0.15, 0.2) is 5.41 Å². The standard InChI is InChI=1S/C14H14F6O2/c1-8(2)12(13(15,16)17,14(18,19)20)10-5-3-9(4-6-10)7-11(21)22/h3-6,8H,7H2,1-2H3,(H,21,22). The molecule has 1 aromatic carbocycles. The van der Waals surface area contributed by atoms with Crippen molar-refractivity contribution in [2.24, 2.45) is 5.92 Å². The Morgan fingerprint density at radius 3 is 1.68 bits per heavy atom. The fourth-order valence-corrected chi connectivity index (χ4v) is 2.54. The van der Waals surface area contributed by atoms with Crippen molar-refractivity contribution in [2.75, 3.05) is 0 Å². The largest absolute Gasteiger partial charge is 0.481 e. The van der Waals surface area contributed by atoms with Crippen molar-refractivity contribution in [3.05, 3.63) is 35.4 Å². The van der Waals surface area contributed by atoms with Crippen LogP contribution in [0.2, 0.25) is 0 Å². The molecule has 0 saturated carbocycles. The minimum absolute atomic E-state index is 0.123. The molecule has 0 amide bonds. The Morgan fingerprint density at radius 2 is 1.41 bits per heavy atom. The minimum Gasteiger partial charge on any atom is -0.481 e. The first-order chi connectivity index (χ1) is 9.84. The maximum atomic E-state index is 13.3. The zero-order valence-electron chi connectivity index (χ0n) is 11.7. The molecular formula is C14H14F6O2. The Bertz CT molecular complexity index is 514. The first-order valence-electron chi connectivity index (χ1n) is 6.28. The second kappa shape index (κ2) is 5.81. The summed E-state index contributed by atoms with van der Waals surface area (Å²) >= 11 is 0. The van der Waals surface area contributed by atoms with Crippen molar-refractivity contribution in [1.29, 1.82) is 0 Å². The van der Waals surface area contributed by atoms with E-state index in [0.29, 0.717) is 12.1 Å². The lowest BCUT2D eigenvalue weighted by molar-refractivity contribution is -0.316. The fraction of sp³-hybridized carbons (Fsp3) is 0.500. The van der Waals surface area contributed by atoms with Crippen LogP contribution in [-0.2, 0) is 16.6 Å². The van der Waals surface area contributed by atoms with E-state index >= 15 is 0 Å². The summed E-state index contributed by atoms with van der Waals surface area (Å²) in [5.74, 6) is -3.01. The molecule has 1 aromatic rings. The number of aliphatic carboxylic acids is 1. The quantitative estimate of drug-likeness (QED) is 0.835. The highest BCUT2D eigenvalue weighted by molar-refractivity contribution is 5.70. The zero-order chi connectivity index (χ0) is 17.3. The number of halogens is 6. The van der Waals surface area contributed by atoms with Gasteiger partial charge in [-0.25, -0.2) is 0 Å². The molecule has 0 fully saturated rings. The molecule has 0 heterocycles. The number of rotatable bonds is 4. The molecule has 1 N–H and O–H groups in total. The van der Waals surface area contributed by atoms with Crippen LogP contribution in [-0.4, -0.2) is 23.4 Å². The summed E-state index contributed by atoms with van der Waals surface area (Å²) in [4.78, 5) is 10.5. The van der Waals surface area contributed by atoms with Gasteiger partial charge in [-0.05, 0) is 17.0 Å². The highest BCUT2D eigenvalue weighted by atomic mass is 19.4. The molecule has 0 saturated heterocycles. The number of carboxylic acid groups (broad SMARTS) is 1. The van der Waals surface area contributed by atoms with E-state index in [1.165, 1.54) is 0 Å². The number of hydrogen-bond acceptors (Lipinski definition) is 1. The Morgan fingerprint density at radius 1 is 1.00 bits per heavy atom. The van der Waals surface area contributed by atoms with E-state index in [-0.39, 0.29) is 5.56 Å². The number of carboxylic acids is 1. The van der Waals surface area contributed by atoms with Crippen molar-refractivity contribution in [3.63, 3.8) is 0 Å². The zero-order valence-corrected chi connectivity index (χ0v) is 11.7. The minimum atomic E-state index is -5.53. The normalized spacial score (nSPS) is 13.5. The molecule has 0 bridgehead atoms. The smallest absolute Gasteiger partial charge is 0.407 e. The third kappa shape index (κ3) is 3.05. The Balaban J connectivity index is 3.49. The molecular weight excluding hydrogens is 314 g/mol. The van der Waals surface area contributed by atoms with Crippen molar-refractivity contribution in [2.45, 2.75) is 38.0 Å². The van der Waals surface area contributed by atoms with E-state index in [4.69, 9.17) is 5.11 Å². The predicted octanol–water partition coefficient (Wildman–Crippen LogP) is 4.33. The van der Waals surface area contributed by atoms with Crippen LogP contribution < -0.4 is 0 Å². The Labute approximate surface area is 122 Å². The highest BCUT2D eigenvalue weighted by Crippen LogP contribution is 2.56. The van der Waals surface area contributed by atoms with Crippen LogP contribution >= 0.6 is 0 Å². The van der Waals surface area contributed by atoms with Crippen molar-refractivity contribution >= 4 is 5.97 Å². The van der Waals surface area contributed by atoms with Crippen molar-refractivity contribution in [3.8, 4) is 0 Å². The molecule has 8 heteroatoms. The number of alkyl halides is 6. The lowest BCUT2D eigenvalue weighted by atomic mass is 9.70. The van der Waals surface area contributed by atoms with Gasteiger partial charge >= 0.3 is 18.3 Å². The molecule has 0 aliphatic heterocycles. The van der Waals surface area contributed by atoms with Crippen LogP contribution in [0, 0.1) is 5.92 Å². The van der Waals surface area contributed by atoms with Gasteiger partial charge in [0.1, 0.15) is 0 Å². The topological polar surface area (TPSA) is 37.3 Å². The van der Waals surface area contributed by atoms with Gasteiger partial charge in [-0.3, -0.25) is 4.79 Å². The molecule has 124 valence electrons. The third-order valence-electron chi connectivity index (χ3n) is 3.52. The number of hydrogen-bond donors (Lipinski definition) is 1. The molecule has 0 aliphatic carbocycles. The first-order valence-corrected chi connectivity index (χ1v) is 6.28. The van der Waals surface area contributed by atoms with Crippen LogP contribution in [0.1, 0.15) is 25.0 Å². The van der Waals surface area contributed by atoms with Gasteiger partial charge in [-0.2, -0.15) is 26.3 Å². The van der Waals surface area contributed by atoms with Gasteiger partial charge in [0.25, 0.3) is 0 Å². The number of carbonyl (C=O) groups is 1. The predicted molar refractivity (Wildman–Crippen MR) is 66.4 cm³/mol. The van der Waals surface area contributed by atoms with E-state index in [0.717, 1.165) is 26.0 Å². The maximum Gasteiger partial charge on any atom is 0.407 e. The SMILES string of the molecule is CC(C)C(c1ccc(CC(=O)O)cc1)(C(F)(F)F)C(F)(F)F. The van der Waals surface area contributed by atoms with Crippen LogP contribution in [0.15, 0.2) is 24.3 Å². The molecule has 0 unspecified atom stereocenters. The monoisotopic (exact) mass is 328 g/mol. The molecule has 2 nitrogen and oxygen atoms in total. The van der Waals surface area contributed by atoms with E-state index in [2.05, 4.69) is 0 Å². The summed E-state index contributed by atoms with van der Waals surface area (Å²) in [6.45, 7) is 1.71. The molecule has 22 heavy (non-hydrogen) atoms. The summed E-state index contributed by atoms with van der Waals surface area (Å²) in [5.41, 5.74) is -4.82. The average molecular weight is 328 g/mol. The van der Waals surface area contributed by atoms with Crippen molar-refractivity contribution in [1.82, 2.24) is 0 Å². The highest BCUT2D eigenvalue weighted by Gasteiger charge is 2.72.